The second-order valence-electron chi connectivity index (χ2n) is 24.8. The first-order valence-corrected chi connectivity index (χ1v) is 35.1. The molecule has 9 heteroatoms. The zero-order valence-corrected chi connectivity index (χ0v) is 55.1. The summed E-state index contributed by atoms with van der Waals surface area (Å²) in [6, 6.07) is 0. The lowest BCUT2D eigenvalue weighted by molar-refractivity contribution is -0.870. The van der Waals surface area contributed by atoms with E-state index in [1.165, 1.54) is 218 Å². The van der Waals surface area contributed by atoms with Gasteiger partial charge in [-0.3, -0.25) is 9.59 Å². The largest absolute Gasteiger partial charge is 0.477 e. The minimum Gasteiger partial charge on any atom is -0.477 e. The SMILES string of the molecule is CC/C=C\C/C=C\C/C=C\C/C=C\C/C=C\C/C=C\CCCCCCCCCCCCCCCCCCCCC(=O)OC(COC(=O)CCCCCCCCCCCCCCCCCCCCCCC)COC(OCC[N+](C)(C)C)C(=O)O. The number of quaternary nitrogens is 1. The summed E-state index contributed by atoms with van der Waals surface area (Å²) in [5.74, 6) is -1.98. The number of aliphatic carboxylic acids is 1. The van der Waals surface area contributed by atoms with Crippen LogP contribution in [0.4, 0.5) is 0 Å². The number of carboxylic acid groups (broad SMARTS) is 1. The molecule has 0 aliphatic rings. The van der Waals surface area contributed by atoms with E-state index in [0.717, 1.165) is 77.0 Å². The van der Waals surface area contributed by atoms with Crippen molar-refractivity contribution in [3.05, 3.63) is 72.9 Å². The molecule has 0 heterocycles. The summed E-state index contributed by atoms with van der Waals surface area (Å²) in [6.07, 6.45) is 83.0. The Morgan fingerprint density at radius 2 is 0.687 bits per heavy atom. The highest BCUT2D eigenvalue weighted by Gasteiger charge is 2.25. The number of esters is 2. The fraction of sp³-hybridized carbons (Fsp3) is 0.797. The van der Waals surface area contributed by atoms with Crippen LogP contribution in [-0.2, 0) is 33.3 Å². The highest BCUT2D eigenvalue weighted by atomic mass is 16.7. The number of unbranched alkanes of at least 4 members (excludes halogenated alkanes) is 38. The summed E-state index contributed by atoms with van der Waals surface area (Å²) in [4.78, 5) is 37.6. The Morgan fingerprint density at radius 1 is 0.373 bits per heavy atom. The molecule has 0 aromatic heterocycles. The minimum absolute atomic E-state index is 0.178. The van der Waals surface area contributed by atoms with E-state index in [9.17, 15) is 19.5 Å². The molecule has 1 N–H and O–H groups in total. The summed E-state index contributed by atoms with van der Waals surface area (Å²) < 4.78 is 23.0. The summed E-state index contributed by atoms with van der Waals surface area (Å²) in [6.45, 7) is 4.82. The molecule has 2 atom stereocenters. The van der Waals surface area contributed by atoms with Crippen LogP contribution in [0.3, 0.4) is 0 Å². The van der Waals surface area contributed by atoms with Crippen molar-refractivity contribution in [1.82, 2.24) is 0 Å². The molecule has 482 valence electrons. The molecule has 0 fully saturated rings. The number of carbonyl (C=O) groups is 3. The predicted octanol–water partition coefficient (Wildman–Crippen LogP) is 21.7. The Hall–Kier alpha value is -3.27. The molecule has 0 saturated carbocycles. The second-order valence-corrected chi connectivity index (χ2v) is 24.8. The lowest BCUT2D eigenvalue weighted by Crippen LogP contribution is -2.40. The maximum atomic E-state index is 12.9. The third kappa shape index (κ3) is 66.1. The topological polar surface area (TPSA) is 108 Å². The van der Waals surface area contributed by atoms with Gasteiger partial charge >= 0.3 is 17.9 Å². The Balaban J connectivity index is 4.05. The number of carboxylic acids is 1. The molecule has 0 radical (unpaired) electrons. The van der Waals surface area contributed by atoms with Crippen LogP contribution in [0.5, 0.6) is 0 Å². The quantitative estimate of drug-likeness (QED) is 0.0211. The fourth-order valence-electron chi connectivity index (χ4n) is 10.1. The molecule has 0 aliphatic heterocycles. The monoisotopic (exact) mass is 1170 g/mol. The maximum absolute atomic E-state index is 12.9. The molecule has 0 aromatic rings. The van der Waals surface area contributed by atoms with Gasteiger partial charge in [0.05, 0.1) is 34.4 Å². The van der Waals surface area contributed by atoms with Crippen LogP contribution in [0, 0.1) is 0 Å². The van der Waals surface area contributed by atoms with E-state index in [-0.39, 0.29) is 38.2 Å². The lowest BCUT2D eigenvalue weighted by atomic mass is 10.0. The summed E-state index contributed by atoms with van der Waals surface area (Å²) in [5, 5.41) is 9.74. The van der Waals surface area contributed by atoms with E-state index in [1.807, 2.05) is 21.1 Å². The average Bonchev–Trinajstić information content (AvgIpc) is 3.46. The molecular weight excluding hydrogens is 1030 g/mol. The molecule has 83 heavy (non-hydrogen) atoms. The van der Waals surface area contributed by atoms with Gasteiger partial charge in [0.1, 0.15) is 13.2 Å². The fourth-order valence-corrected chi connectivity index (χ4v) is 10.1. The molecular formula is C74H134NO8+. The van der Waals surface area contributed by atoms with Gasteiger partial charge in [-0.2, -0.15) is 0 Å². The van der Waals surface area contributed by atoms with Crippen molar-refractivity contribution >= 4 is 17.9 Å². The normalized spacial score (nSPS) is 13.1. The zero-order valence-electron chi connectivity index (χ0n) is 55.1. The number of ether oxygens (including phenoxy) is 4. The first-order valence-electron chi connectivity index (χ1n) is 35.1. The number of hydrogen-bond acceptors (Lipinski definition) is 7. The van der Waals surface area contributed by atoms with E-state index < -0.39 is 18.4 Å². The standard InChI is InChI=1S/C74H133NO8/c1-6-8-10-12-14-16-18-20-22-24-26-28-29-30-31-32-33-34-35-36-37-38-39-40-41-42-43-45-47-49-51-53-55-57-59-61-63-65-72(77)83-70(69-82-74(73(78)79)80-67-66-75(3,4)5)68-81-71(76)64-62-60-58-56-54-52-50-48-46-44-27-25-23-21-19-17-15-13-11-9-7-2/h8,10,14,16,20,22,26,28,30-31,33-34,70,74H,6-7,9,11-13,15,17-19,21,23-25,27,29,32,35-69H2,1-5H3/p+1/b10-8-,16-14-,22-20-,28-26-,31-30-,34-33-. The van der Waals surface area contributed by atoms with E-state index in [2.05, 4.69) is 86.8 Å². The number of nitrogens with zero attached hydrogens (tertiary/aromatic N) is 1. The molecule has 0 aromatic carbocycles. The van der Waals surface area contributed by atoms with Crippen molar-refractivity contribution in [3.63, 3.8) is 0 Å². The third-order valence-electron chi connectivity index (χ3n) is 15.5. The van der Waals surface area contributed by atoms with Crippen molar-refractivity contribution < 1.29 is 42.9 Å². The molecule has 2 unspecified atom stereocenters. The summed E-state index contributed by atoms with van der Waals surface area (Å²) in [7, 11) is 5.99. The van der Waals surface area contributed by atoms with Gasteiger partial charge in [-0.1, -0.05) is 318 Å². The average molecular weight is 1170 g/mol. The van der Waals surface area contributed by atoms with Crippen LogP contribution in [0.1, 0.15) is 322 Å². The predicted molar refractivity (Wildman–Crippen MR) is 355 cm³/mol. The van der Waals surface area contributed by atoms with Gasteiger partial charge in [0.2, 0.25) is 0 Å². The van der Waals surface area contributed by atoms with Gasteiger partial charge in [0.25, 0.3) is 6.29 Å². The van der Waals surface area contributed by atoms with Gasteiger partial charge in [-0.25, -0.2) is 4.79 Å². The number of hydrogen-bond donors (Lipinski definition) is 1. The first kappa shape index (κ1) is 79.7. The van der Waals surface area contributed by atoms with Crippen LogP contribution in [0.25, 0.3) is 0 Å². The third-order valence-corrected chi connectivity index (χ3v) is 15.5. The van der Waals surface area contributed by atoms with Crippen molar-refractivity contribution in [2.24, 2.45) is 0 Å². The molecule has 0 bridgehead atoms. The summed E-state index contributed by atoms with van der Waals surface area (Å²) in [5.41, 5.74) is 0. The molecule has 0 amide bonds. The molecule has 9 nitrogen and oxygen atoms in total. The van der Waals surface area contributed by atoms with E-state index in [4.69, 9.17) is 18.9 Å². The van der Waals surface area contributed by atoms with E-state index >= 15 is 0 Å². The minimum atomic E-state index is -1.51. The van der Waals surface area contributed by atoms with Crippen LogP contribution in [0.15, 0.2) is 72.9 Å². The number of allylic oxidation sites excluding steroid dienone is 12. The Bertz CT molecular complexity index is 1590. The van der Waals surface area contributed by atoms with Gasteiger partial charge in [0.15, 0.2) is 6.10 Å². The molecule has 0 rings (SSSR count). The Kier molecular flexibility index (Phi) is 62.2. The first-order chi connectivity index (χ1) is 40.6. The van der Waals surface area contributed by atoms with Gasteiger partial charge < -0.3 is 28.5 Å². The number of likely N-dealkylation sites (N-methyl/N-ethyl adjacent to an activating group) is 1. The highest BCUT2D eigenvalue weighted by Crippen LogP contribution is 2.18. The van der Waals surface area contributed by atoms with Crippen molar-refractivity contribution in [3.8, 4) is 0 Å². The van der Waals surface area contributed by atoms with Gasteiger partial charge in [-0.15, -0.1) is 0 Å². The van der Waals surface area contributed by atoms with Crippen molar-refractivity contribution in [1.29, 1.82) is 0 Å². The van der Waals surface area contributed by atoms with E-state index in [1.54, 1.807) is 0 Å². The van der Waals surface area contributed by atoms with Gasteiger partial charge in [-0.05, 0) is 64.2 Å². The Morgan fingerprint density at radius 3 is 1.02 bits per heavy atom. The molecule has 0 saturated heterocycles. The van der Waals surface area contributed by atoms with E-state index in [0.29, 0.717) is 17.4 Å². The molecule has 0 aliphatic carbocycles. The van der Waals surface area contributed by atoms with Gasteiger partial charge in [0, 0.05) is 12.8 Å². The maximum Gasteiger partial charge on any atom is 0.361 e. The second kappa shape index (κ2) is 64.7. The van der Waals surface area contributed by atoms with Crippen molar-refractivity contribution in [2.45, 2.75) is 334 Å². The highest BCUT2D eigenvalue weighted by molar-refractivity contribution is 5.71. The summed E-state index contributed by atoms with van der Waals surface area (Å²) >= 11 is 0. The number of rotatable bonds is 65. The number of carbonyl (C=O) groups excluding carboxylic acids is 2. The van der Waals surface area contributed by atoms with Crippen LogP contribution < -0.4 is 0 Å². The van der Waals surface area contributed by atoms with Crippen LogP contribution in [0.2, 0.25) is 0 Å². The molecule has 0 spiro atoms. The Labute approximate surface area is 513 Å². The van der Waals surface area contributed by atoms with Crippen LogP contribution in [-0.4, -0.2) is 87.4 Å². The smallest absolute Gasteiger partial charge is 0.361 e. The van der Waals surface area contributed by atoms with Crippen molar-refractivity contribution in [2.75, 3.05) is 47.5 Å². The lowest BCUT2D eigenvalue weighted by Gasteiger charge is -2.25. The van der Waals surface area contributed by atoms with Crippen LogP contribution >= 0.6 is 0 Å². The zero-order chi connectivity index (χ0) is 60.5.